The van der Waals surface area contributed by atoms with Crippen molar-refractivity contribution < 1.29 is 4.79 Å². The number of likely N-dealkylation sites (tertiary alicyclic amines) is 1. The number of piperidine rings is 1. The smallest absolute Gasteiger partial charge is 0.246 e. The molecule has 5 heteroatoms. The van der Waals surface area contributed by atoms with Crippen molar-refractivity contribution in [2.75, 3.05) is 18.4 Å². The average molecular weight is 391 g/mol. The van der Waals surface area contributed by atoms with Crippen LogP contribution in [-0.2, 0) is 4.79 Å². The number of hydrogen-bond acceptors (Lipinski definition) is 2. The van der Waals surface area contributed by atoms with Crippen molar-refractivity contribution >= 4 is 34.8 Å². The molecule has 3 rings (SSSR count). The number of benzene rings is 2. The van der Waals surface area contributed by atoms with Gasteiger partial charge in [-0.3, -0.25) is 9.69 Å². The van der Waals surface area contributed by atoms with Gasteiger partial charge in [-0.2, -0.15) is 0 Å². The third kappa shape index (κ3) is 4.79. The molecule has 1 amide bonds. The van der Waals surface area contributed by atoms with Gasteiger partial charge < -0.3 is 5.32 Å². The fourth-order valence-electron chi connectivity index (χ4n) is 3.92. The molecule has 1 aliphatic rings. The number of rotatable bonds is 4. The van der Waals surface area contributed by atoms with Gasteiger partial charge in [0.25, 0.3) is 0 Å². The van der Waals surface area contributed by atoms with Crippen LogP contribution < -0.4 is 5.32 Å². The largest absolute Gasteiger partial charge is 0.324 e. The minimum Gasteiger partial charge on any atom is -0.324 e. The van der Waals surface area contributed by atoms with Crippen molar-refractivity contribution in [2.24, 2.45) is 11.8 Å². The number of nitrogens with one attached hydrogen (secondary N) is 1. The molecule has 138 valence electrons. The van der Waals surface area contributed by atoms with Crippen LogP contribution in [0.3, 0.4) is 0 Å². The van der Waals surface area contributed by atoms with Crippen LogP contribution in [0.4, 0.5) is 5.69 Å². The molecule has 0 spiro atoms. The van der Waals surface area contributed by atoms with Crippen LogP contribution >= 0.6 is 23.2 Å². The van der Waals surface area contributed by atoms with E-state index in [0.29, 0.717) is 27.6 Å². The highest BCUT2D eigenvalue weighted by molar-refractivity contribution is 6.35. The van der Waals surface area contributed by atoms with Gasteiger partial charge in [-0.25, -0.2) is 0 Å². The molecular weight excluding hydrogens is 367 g/mol. The monoisotopic (exact) mass is 390 g/mol. The number of carbonyl (C=O) groups is 1. The summed E-state index contributed by atoms with van der Waals surface area (Å²) in [6.07, 6.45) is 1.20. The normalized spacial score (nSPS) is 22.0. The topological polar surface area (TPSA) is 32.3 Å². The first-order chi connectivity index (χ1) is 12.4. The molecule has 1 aliphatic heterocycles. The summed E-state index contributed by atoms with van der Waals surface area (Å²) in [6.45, 7) is 6.32. The van der Waals surface area contributed by atoms with Gasteiger partial charge >= 0.3 is 0 Å². The Bertz CT molecular complexity index is 736. The molecule has 1 saturated heterocycles. The Morgan fingerprint density at radius 2 is 1.62 bits per heavy atom. The summed E-state index contributed by atoms with van der Waals surface area (Å²) < 4.78 is 0. The molecule has 0 unspecified atom stereocenters. The van der Waals surface area contributed by atoms with Crippen molar-refractivity contribution in [3.8, 4) is 0 Å². The van der Waals surface area contributed by atoms with Crippen molar-refractivity contribution in [3.63, 3.8) is 0 Å². The quantitative estimate of drug-likeness (QED) is 0.730. The van der Waals surface area contributed by atoms with Crippen LogP contribution in [0.2, 0.25) is 10.0 Å². The molecule has 0 bridgehead atoms. The van der Waals surface area contributed by atoms with Crippen LogP contribution in [0.25, 0.3) is 0 Å². The minimum atomic E-state index is -0.334. The first-order valence-corrected chi connectivity index (χ1v) is 9.74. The zero-order valence-corrected chi connectivity index (χ0v) is 16.6. The van der Waals surface area contributed by atoms with Gasteiger partial charge in [-0.05, 0) is 42.0 Å². The van der Waals surface area contributed by atoms with Crippen LogP contribution in [0, 0.1) is 11.8 Å². The molecule has 1 fully saturated rings. The van der Waals surface area contributed by atoms with Gasteiger partial charge in [0.15, 0.2) is 0 Å². The van der Waals surface area contributed by atoms with Crippen molar-refractivity contribution in [3.05, 3.63) is 64.1 Å². The second-order valence-corrected chi connectivity index (χ2v) is 8.23. The number of carbonyl (C=O) groups excluding carboxylic acids is 1. The van der Waals surface area contributed by atoms with Gasteiger partial charge in [-0.1, -0.05) is 67.4 Å². The van der Waals surface area contributed by atoms with E-state index in [2.05, 4.69) is 24.1 Å². The number of nitrogens with zero attached hydrogens (tertiary/aromatic N) is 1. The van der Waals surface area contributed by atoms with E-state index in [1.165, 1.54) is 6.42 Å². The number of anilines is 1. The lowest BCUT2D eigenvalue weighted by atomic mass is 9.89. The zero-order valence-electron chi connectivity index (χ0n) is 15.1. The molecule has 0 saturated carbocycles. The highest BCUT2D eigenvalue weighted by Gasteiger charge is 2.32. The summed E-state index contributed by atoms with van der Waals surface area (Å²) in [5.74, 6) is 1.08. The Hall–Kier alpha value is -1.55. The summed E-state index contributed by atoms with van der Waals surface area (Å²) in [5.41, 5.74) is 1.62. The third-order valence-electron chi connectivity index (χ3n) is 4.76. The number of halogens is 2. The second-order valence-electron chi connectivity index (χ2n) is 7.36. The Morgan fingerprint density at radius 1 is 1.04 bits per heavy atom. The van der Waals surface area contributed by atoms with Gasteiger partial charge in [0.2, 0.25) is 5.91 Å². The van der Waals surface area contributed by atoms with E-state index in [1.807, 2.05) is 30.3 Å². The summed E-state index contributed by atoms with van der Waals surface area (Å²) in [6, 6.07) is 14.7. The summed E-state index contributed by atoms with van der Waals surface area (Å²) in [4.78, 5) is 15.5. The Balaban J connectivity index is 1.88. The maximum atomic E-state index is 13.2. The van der Waals surface area contributed by atoms with E-state index in [4.69, 9.17) is 23.2 Å². The van der Waals surface area contributed by atoms with Crippen molar-refractivity contribution in [2.45, 2.75) is 26.3 Å². The Kier molecular flexibility index (Phi) is 6.23. The van der Waals surface area contributed by atoms with Crippen LogP contribution in [0.5, 0.6) is 0 Å². The molecule has 1 heterocycles. The van der Waals surface area contributed by atoms with E-state index in [0.717, 1.165) is 18.7 Å². The lowest BCUT2D eigenvalue weighted by Crippen LogP contribution is -2.45. The Labute approximate surface area is 165 Å². The fraction of sp³-hybridized carbons (Fsp3) is 0.381. The zero-order chi connectivity index (χ0) is 18.7. The third-order valence-corrected chi connectivity index (χ3v) is 5.19. The molecular formula is C21H24Cl2N2O. The van der Waals surface area contributed by atoms with Crippen LogP contribution in [-0.4, -0.2) is 23.9 Å². The van der Waals surface area contributed by atoms with E-state index < -0.39 is 0 Å². The number of hydrogen-bond donors (Lipinski definition) is 1. The predicted molar refractivity (Wildman–Crippen MR) is 109 cm³/mol. The van der Waals surface area contributed by atoms with Crippen LogP contribution in [0.1, 0.15) is 31.9 Å². The van der Waals surface area contributed by atoms with Gasteiger partial charge in [0.1, 0.15) is 6.04 Å². The summed E-state index contributed by atoms with van der Waals surface area (Å²) in [5, 5.41) is 4.01. The van der Waals surface area contributed by atoms with Gasteiger partial charge in [0.05, 0.1) is 0 Å². The highest BCUT2D eigenvalue weighted by Crippen LogP contribution is 2.31. The molecule has 3 atom stereocenters. The molecule has 3 nitrogen and oxygen atoms in total. The molecule has 0 radical (unpaired) electrons. The van der Waals surface area contributed by atoms with E-state index in [1.54, 1.807) is 18.2 Å². The predicted octanol–water partition coefficient (Wildman–Crippen LogP) is 5.65. The Morgan fingerprint density at radius 3 is 2.19 bits per heavy atom. The molecule has 2 aromatic rings. The van der Waals surface area contributed by atoms with Crippen LogP contribution in [0.15, 0.2) is 48.5 Å². The van der Waals surface area contributed by atoms with Gasteiger partial charge in [-0.15, -0.1) is 0 Å². The summed E-state index contributed by atoms with van der Waals surface area (Å²) >= 11 is 12.1. The summed E-state index contributed by atoms with van der Waals surface area (Å²) in [7, 11) is 0. The van der Waals surface area contributed by atoms with Crippen molar-refractivity contribution in [1.82, 2.24) is 4.90 Å². The second kappa shape index (κ2) is 8.43. The fourth-order valence-corrected chi connectivity index (χ4v) is 4.45. The minimum absolute atomic E-state index is 0.0594. The lowest BCUT2D eigenvalue weighted by molar-refractivity contribution is -0.122. The van der Waals surface area contributed by atoms with Crippen molar-refractivity contribution in [1.29, 1.82) is 0 Å². The average Bonchev–Trinajstić information content (AvgIpc) is 2.54. The molecule has 0 aromatic heterocycles. The first kappa shape index (κ1) is 19.2. The highest BCUT2D eigenvalue weighted by atomic mass is 35.5. The van der Waals surface area contributed by atoms with E-state index >= 15 is 0 Å². The van der Waals surface area contributed by atoms with E-state index in [9.17, 15) is 4.79 Å². The van der Waals surface area contributed by atoms with E-state index in [-0.39, 0.29) is 11.9 Å². The molecule has 26 heavy (non-hydrogen) atoms. The molecule has 0 aliphatic carbocycles. The maximum absolute atomic E-state index is 13.2. The molecule has 1 N–H and O–H groups in total. The maximum Gasteiger partial charge on any atom is 0.246 e. The first-order valence-electron chi connectivity index (χ1n) is 8.98. The lowest BCUT2D eigenvalue weighted by Gasteiger charge is -2.39. The van der Waals surface area contributed by atoms with Gasteiger partial charge in [0, 0.05) is 28.8 Å². The molecule has 2 aromatic carbocycles. The standard InChI is InChI=1S/C21H24Cl2N2O/c1-14-8-15(2)13-25(12-14)20(16-6-4-3-5-7-16)21(26)24-19-10-17(22)9-18(23)11-19/h3-7,9-11,14-15,20H,8,12-13H2,1-2H3,(H,24,26)/t14-,15-,20-/m1/s1. The number of amides is 1. The SMILES string of the molecule is C[C@@H]1C[C@@H](C)CN([C@@H](C(=O)Nc2cc(Cl)cc(Cl)c2)c2ccccc2)C1.